The molecule has 1 fully saturated rings. The highest BCUT2D eigenvalue weighted by Crippen LogP contribution is 2.29. The Morgan fingerprint density at radius 1 is 0.881 bits per heavy atom. The van der Waals surface area contributed by atoms with Gasteiger partial charge in [-0.25, -0.2) is 4.98 Å². The van der Waals surface area contributed by atoms with Gasteiger partial charge in [0.15, 0.2) is 5.69 Å². The van der Waals surface area contributed by atoms with Crippen molar-refractivity contribution >= 4 is 11.7 Å². The predicted octanol–water partition coefficient (Wildman–Crippen LogP) is 7.79. The molecule has 1 atom stereocenters. The second kappa shape index (κ2) is 33.7. The molecule has 4 rings (SSSR count). The van der Waals surface area contributed by atoms with Gasteiger partial charge in [-0.15, -0.1) is 0 Å². The second-order valence-corrected chi connectivity index (χ2v) is 12.5. The summed E-state index contributed by atoms with van der Waals surface area (Å²) in [5.41, 5.74) is 6.93. The molecule has 59 heavy (non-hydrogen) atoms. The molecule has 1 aliphatic rings. The highest BCUT2D eigenvalue weighted by atomic mass is 19.4. The third-order valence-electron chi connectivity index (χ3n) is 7.97. The van der Waals surface area contributed by atoms with E-state index in [1.165, 1.54) is 11.8 Å². The molecule has 1 aromatic heterocycles. The molecule has 13 nitrogen and oxygen atoms in total. The van der Waals surface area contributed by atoms with Gasteiger partial charge < -0.3 is 49.5 Å². The molecular formula is C43H68F3N5O8. The van der Waals surface area contributed by atoms with Crippen molar-refractivity contribution in [3.63, 3.8) is 0 Å². The number of nitrogens with zero attached hydrogens (tertiary/aromatic N) is 2. The zero-order chi connectivity index (χ0) is 43.6. The number of methoxy groups -OCH3 is 1. The zero-order valence-corrected chi connectivity index (χ0v) is 35.9. The van der Waals surface area contributed by atoms with Crippen LogP contribution < -0.4 is 25.8 Å². The quantitative estimate of drug-likeness (QED) is 0.0754. The Bertz CT molecular complexity index is 1480. The van der Waals surface area contributed by atoms with Crippen LogP contribution in [0.4, 0.5) is 19.0 Å². The van der Waals surface area contributed by atoms with Crippen LogP contribution in [-0.4, -0.2) is 108 Å². The topological polar surface area (TPSA) is 158 Å². The van der Waals surface area contributed by atoms with Gasteiger partial charge in [0.1, 0.15) is 23.1 Å². The van der Waals surface area contributed by atoms with Gasteiger partial charge in [-0.05, 0) is 87.0 Å². The molecule has 0 saturated carbocycles. The zero-order valence-electron chi connectivity index (χ0n) is 35.9. The fourth-order valence-corrected chi connectivity index (χ4v) is 5.13. The van der Waals surface area contributed by atoms with Gasteiger partial charge in [0, 0.05) is 26.7 Å². The molecule has 1 unspecified atom stereocenters. The summed E-state index contributed by atoms with van der Waals surface area (Å²) >= 11 is 0. The monoisotopic (exact) mass is 840 g/mol. The lowest BCUT2D eigenvalue weighted by Gasteiger charge is -2.23. The Hall–Kier alpha value is -4.06. The first-order valence-corrected chi connectivity index (χ1v) is 20.6. The van der Waals surface area contributed by atoms with Crippen molar-refractivity contribution < 1.29 is 51.1 Å². The third kappa shape index (κ3) is 25.2. The molecule has 1 amide bonds. The van der Waals surface area contributed by atoms with Gasteiger partial charge in [-0.2, -0.15) is 13.2 Å². The second-order valence-electron chi connectivity index (χ2n) is 12.5. The van der Waals surface area contributed by atoms with Gasteiger partial charge in [-0.1, -0.05) is 39.8 Å². The van der Waals surface area contributed by atoms with E-state index >= 15 is 0 Å². The Balaban J connectivity index is 0.000000685. The van der Waals surface area contributed by atoms with E-state index in [0.717, 1.165) is 54.9 Å². The normalized spacial score (nSPS) is 13.4. The molecule has 3 aromatic rings. The summed E-state index contributed by atoms with van der Waals surface area (Å²) in [6, 6.07) is 13.7. The number of nitrogens with one attached hydrogen (secondary N) is 2. The lowest BCUT2D eigenvalue weighted by molar-refractivity contribution is -0.141. The largest absolute Gasteiger partial charge is 0.494 e. The lowest BCUT2D eigenvalue weighted by Crippen LogP contribution is -2.30. The van der Waals surface area contributed by atoms with Crippen molar-refractivity contribution in [1.29, 1.82) is 0 Å². The summed E-state index contributed by atoms with van der Waals surface area (Å²) in [6.45, 7) is 16.6. The van der Waals surface area contributed by atoms with Gasteiger partial charge in [-0.3, -0.25) is 9.78 Å². The number of carbonyl (C=O) groups is 1. The van der Waals surface area contributed by atoms with Crippen LogP contribution in [-0.2, 0) is 41.1 Å². The van der Waals surface area contributed by atoms with Crippen LogP contribution in [0, 0.1) is 6.92 Å². The van der Waals surface area contributed by atoms with E-state index in [0.29, 0.717) is 91.8 Å². The number of anilines is 1. The fraction of sp³-hybridized carbons (Fsp3) is 0.605. The van der Waals surface area contributed by atoms with Gasteiger partial charge >= 0.3 is 6.18 Å². The number of alkyl halides is 3. The molecule has 0 spiro atoms. The summed E-state index contributed by atoms with van der Waals surface area (Å²) in [5, 5.41) is 5.76. The van der Waals surface area contributed by atoms with Crippen molar-refractivity contribution in [2.45, 2.75) is 85.4 Å². The number of unbranched alkanes of at least 4 members (excludes halogenated alkanes) is 1. The molecule has 2 heterocycles. The molecular weight excluding hydrogens is 771 g/mol. The average molecular weight is 840 g/mol. The molecule has 1 aliphatic heterocycles. The minimum atomic E-state index is -4.46. The van der Waals surface area contributed by atoms with Crippen LogP contribution in [0.25, 0.3) is 0 Å². The van der Waals surface area contributed by atoms with Crippen LogP contribution >= 0.6 is 0 Å². The molecule has 2 aromatic carbocycles. The number of rotatable bonds is 24. The van der Waals surface area contributed by atoms with Gasteiger partial charge in [0.05, 0.1) is 77.9 Å². The minimum absolute atomic E-state index is 0.00142. The number of aromatic nitrogens is 2. The van der Waals surface area contributed by atoms with Gasteiger partial charge in [0.2, 0.25) is 5.91 Å². The number of nitrogens with two attached hydrogens (primary N) is 1. The first-order chi connectivity index (χ1) is 28.7. The first kappa shape index (κ1) is 53.0. The van der Waals surface area contributed by atoms with Crippen molar-refractivity contribution in [2.75, 3.05) is 91.6 Å². The van der Waals surface area contributed by atoms with E-state index in [4.69, 9.17) is 38.9 Å². The Morgan fingerprint density at radius 3 is 2.15 bits per heavy atom. The van der Waals surface area contributed by atoms with E-state index in [1.54, 1.807) is 7.11 Å². The molecule has 0 bridgehead atoms. The number of amides is 1. The average Bonchev–Trinajstić information content (AvgIpc) is 3.24. The molecule has 0 aliphatic carbocycles. The summed E-state index contributed by atoms with van der Waals surface area (Å²) in [6.07, 6.45) is 2.15. The molecule has 1 saturated heterocycles. The van der Waals surface area contributed by atoms with Crippen LogP contribution in [0.5, 0.6) is 17.2 Å². The van der Waals surface area contributed by atoms with Crippen LogP contribution in [0.15, 0.2) is 54.9 Å². The Labute approximate surface area is 349 Å². The van der Waals surface area contributed by atoms with E-state index in [2.05, 4.69) is 26.7 Å². The molecule has 0 radical (unpaired) electrons. The van der Waals surface area contributed by atoms with E-state index in [-0.39, 0.29) is 17.8 Å². The fourth-order valence-electron chi connectivity index (χ4n) is 5.13. The van der Waals surface area contributed by atoms with E-state index < -0.39 is 11.9 Å². The van der Waals surface area contributed by atoms with Crippen LogP contribution in [0.3, 0.4) is 0 Å². The highest BCUT2D eigenvalue weighted by Gasteiger charge is 2.33. The number of ether oxygens (including phenoxy) is 7. The maximum absolute atomic E-state index is 12.4. The summed E-state index contributed by atoms with van der Waals surface area (Å²) in [7, 11) is 1.64. The maximum Gasteiger partial charge on any atom is 0.434 e. The summed E-state index contributed by atoms with van der Waals surface area (Å²) in [4.78, 5) is 19.0. The standard InChI is InChI=1S/C29H44N2O7.C10H12F3N3O.2C2H6/c1-24-23-25(12-13-30)6-11-28(24)38-27-9-7-26(8-10-27)37-15-4-3-5-29(32)31-14-16-34-19-20-36-22-21-35-18-17-33-2;11-10(12,13)8-4-14-5-9(16-8)15-7-2-1-3-17-6-7;2*1-2/h6-11,23H,3-5,12-22,30H2,1-2H3,(H,31,32);4-5,7H,1-3,6H2,(H,15,16);2*1-2H3. The summed E-state index contributed by atoms with van der Waals surface area (Å²) < 4.78 is 75.2. The minimum Gasteiger partial charge on any atom is -0.494 e. The molecule has 4 N–H and O–H groups in total. The number of halogens is 3. The van der Waals surface area contributed by atoms with E-state index in [9.17, 15) is 18.0 Å². The summed E-state index contributed by atoms with van der Waals surface area (Å²) in [5.74, 6) is 2.51. The van der Waals surface area contributed by atoms with Crippen molar-refractivity contribution in [3.8, 4) is 17.2 Å². The number of hydrogen-bond donors (Lipinski definition) is 3. The maximum atomic E-state index is 12.4. The van der Waals surface area contributed by atoms with E-state index in [1.807, 2.05) is 71.0 Å². The SMILES string of the molecule is CC.CC.COCCOCCOCCOCCNC(=O)CCCCOc1ccc(Oc2ccc(CCN)cc2C)cc1.FC(F)(F)c1cncc(NC2CCCOC2)n1. The van der Waals surface area contributed by atoms with Crippen LogP contribution in [0.2, 0.25) is 0 Å². The van der Waals surface area contributed by atoms with Crippen LogP contribution in [0.1, 0.15) is 76.6 Å². The number of hydrogen-bond acceptors (Lipinski definition) is 12. The first-order valence-electron chi connectivity index (χ1n) is 20.6. The van der Waals surface area contributed by atoms with Gasteiger partial charge in [0.25, 0.3) is 0 Å². The Kier molecular flexibility index (Phi) is 30.3. The number of aryl methyl sites for hydroxylation is 1. The smallest absolute Gasteiger partial charge is 0.434 e. The van der Waals surface area contributed by atoms with Crippen molar-refractivity contribution in [1.82, 2.24) is 15.3 Å². The lowest BCUT2D eigenvalue weighted by atomic mass is 10.1. The predicted molar refractivity (Wildman–Crippen MR) is 224 cm³/mol. The highest BCUT2D eigenvalue weighted by molar-refractivity contribution is 5.75. The molecule has 334 valence electrons. The van der Waals surface area contributed by atoms with Crippen molar-refractivity contribution in [2.24, 2.45) is 5.73 Å². The molecule has 16 heteroatoms. The Morgan fingerprint density at radius 2 is 1.54 bits per heavy atom. The number of benzene rings is 2. The number of carbonyl (C=O) groups excluding carboxylic acids is 1. The third-order valence-corrected chi connectivity index (χ3v) is 7.97. The van der Waals surface area contributed by atoms with Crippen molar-refractivity contribution in [3.05, 3.63) is 71.7 Å².